The van der Waals surface area contributed by atoms with Gasteiger partial charge in [-0.05, 0) is 38.5 Å². The highest BCUT2D eigenvalue weighted by Crippen LogP contribution is 2.42. The minimum absolute atomic E-state index is 0.0344. The maximum Gasteiger partial charge on any atom is 0.273 e. The number of nitrogens with zero attached hydrogens (tertiary/aromatic N) is 2. The van der Waals surface area contributed by atoms with Gasteiger partial charge in [-0.15, -0.1) is 11.3 Å². The molecule has 22 heavy (non-hydrogen) atoms. The molecule has 0 bridgehead atoms. The van der Waals surface area contributed by atoms with Gasteiger partial charge >= 0.3 is 0 Å². The van der Waals surface area contributed by atoms with E-state index in [-0.39, 0.29) is 11.5 Å². The summed E-state index contributed by atoms with van der Waals surface area (Å²) in [5, 5.41) is 2.80. The minimum Gasteiger partial charge on any atom is -0.385 e. The van der Waals surface area contributed by atoms with E-state index in [2.05, 4.69) is 4.98 Å². The quantitative estimate of drug-likeness (QED) is 0.854. The van der Waals surface area contributed by atoms with Gasteiger partial charge in [0, 0.05) is 38.8 Å². The monoisotopic (exact) mass is 324 g/mol. The highest BCUT2D eigenvalue weighted by Gasteiger charge is 2.46. The third kappa shape index (κ3) is 3.05. The number of methoxy groups -OCH3 is 1. The van der Waals surface area contributed by atoms with Gasteiger partial charge in [0.05, 0.1) is 10.6 Å². The Bertz CT molecular complexity index is 523. The molecule has 0 saturated carbocycles. The first kappa shape index (κ1) is 15.9. The molecule has 2 fully saturated rings. The average Bonchev–Trinajstić information content (AvgIpc) is 3.12. The predicted octanol–water partition coefficient (Wildman–Crippen LogP) is 2.50. The summed E-state index contributed by atoms with van der Waals surface area (Å²) in [5.41, 5.74) is 0.551. The first-order valence-corrected chi connectivity index (χ1v) is 8.87. The molecular weight excluding hydrogens is 300 g/mol. The van der Waals surface area contributed by atoms with Crippen molar-refractivity contribution in [1.29, 1.82) is 0 Å². The van der Waals surface area contributed by atoms with Crippen LogP contribution in [0.25, 0.3) is 0 Å². The molecule has 1 amide bonds. The Kier molecular flexibility index (Phi) is 4.80. The zero-order chi connectivity index (χ0) is 15.6. The van der Waals surface area contributed by atoms with Crippen LogP contribution in [0.3, 0.4) is 0 Å². The molecule has 0 aromatic carbocycles. The summed E-state index contributed by atoms with van der Waals surface area (Å²) in [6.07, 6.45) is 4.02. The van der Waals surface area contributed by atoms with Crippen molar-refractivity contribution in [3.8, 4) is 0 Å². The maximum absolute atomic E-state index is 12.5. The molecule has 1 unspecified atom stereocenters. The molecule has 2 saturated heterocycles. The fraction of sp³-hybridized carbons (Fsp3) is 0.750. The smallest absolute Gasteiger partial charge is 0.273 e. The topological polar surface area (TPSA) is 51.7 Å². The number of carbonyl (C=O) groups excluding carboxylic acids is 1. The lowest BCUT2D eigenvalue weighted by molar-refractivity contribution is -0.0662. The number of hydrogen-bond donors (Lipinski definition) is 0. The summed E-state index contributed by atoms with van der Waals surface area (Å²) in [7, 11) is 1.75. The van der Waals surface area contributed by atoms with Crippen molar-refractivity contribution in [2.24, 2.45) is 5.92 Å². The Morgan fingerprint density at radius 3 is 2.95 bits per heavy atom. The normalized spacial score (nSPS) is 24.1. The zero-order valence-corrected chi connectivity index (χ0v) is 14.2. The lowest BCUT2D eigenvalue weighted by Crippen LogP contribution is -2.49. The van der Waals surface area contributed by atoms with E-state index in [1.807, 2.05) is 17.2 Å². The van der Waals surface area contributed by atoms with Crippen LogP contribution in [-0.2, 0) is 9.47 Å². The van der Waals surface area contributed by atoms with E-state index in [4.69, 9.17) is 9.47 Å². The van der Waals surface area contributed by atoms with Crippen molar-refractivity contribution in [2.45, 2.75) is 38.2 Å². The van der Waals surface area contributed by atoms with Crippen molar-refractivity contribution in [1.82, 2.24) is 9.88 Å². The summed E-state index contributed by atoms with van der Waals surface area (Å²) in [4.78, 5) is 18.7. The first-order chi connectivity index (χ1) is 10.6. The predicted molar refractivity (Wildman–Crippen MR) is 85.3 cm³/mol. The SMILES string of the molecule is COCCC1CCOC12CCN(C(=O)c1csc(C)n1)CC2. The largest absolute Gasteiger partial charge is 0.385 e. The third-order valence-electron chi connectivity index (χ3n) is 5.01. The van der Waals surface area contributed by atoms with E-state index >= 15 is 0 Å². The van der Waals surface area contributed by atoms with Crippen molar-refractivity contribution < 1.29 is 14.3 Å². The Labute approximate surface area is 135 Å². The molecule has 5 nitrogen and oxygen atoms in total. The molecule has 2 aliphatic rings. The highest BCUT2D eigenvalue weighted by atomic mass is 32.1. The van der Waals surface area contributed by atoms with Crippen LogP contribution >= 0.6 is 11.3 Å². The van der Waals surface area contributed by atoms with Crippen LogP contribution < -0.4 is 0 Å². The van der Waals surface area contributed by atoms with Crippen LogP contribution in [-0.4, -0.2) is 54.8 Å². The van der Waals surface area contributed by atoms with Gasteiger partial charge in [-0.3, -0.25) is 4.79 Å². The lowest BCUT2D eigenvalue weighted by atomic mass is 9.78. The number of aromatic nitrogens is 1. The molecule has 0 radical (unpaired) electrons. The fourth-order valence-electron chi connectivity index (χ4n) is 3.72. The number of aryl methyl sites for hydroxylation is 1. The number of amides is 1. The number of likely N-dealkylation sites (tertiary alicyclic amines) is 1. The summed E-state index contributed by atoms with van der Waals surface area (Å²) < 4.78 is 11.4. The van der Waals surface area contributed by atoms with Gasteiger partial charge < -0.3 is 14.4 Å². The highest BCUT2D eigenvalue weighted by molar-refractivity contribution is 7.09. The molecule has 3 rings (SSSR count). The molecule has 1 atom stereocenters. The number of piperidine rings is 1. The Morgan fingerprint density at radius 1 is 1.55 bits per heavy atom. The van der Waals surface area contributed by atoms with Crippen LogP contribution in [0.1, 0.15) is 41.2 Å². The van der Waals surface area contributed by atoms with E-state index in [9.17, 15) is 4.79 Å². The lowest BCUT2D eigenvalue weighted by Gasteiger charge is -2.42. The average molecular weight is 324 g/mol. The van der Waals surface area contributed by atoms with E-state index in [1.165, 1.54) is 11.3 Å². The summed E-state index contributed by atoms with van der Waals surface area (Å²) in [6, 6.07) is 0. The third-order valence-corrected chi connectivity index (χ3v) is 5.78. The van der Waals surface area contributed by atoms with Crippen molar-refractivity contribution in [3.63, 3.8) is 0 Å². The van der Waals surface area contributed by atoms with Crippen molar-refractivity contribution in [3.05, 3.63) is 16.1 Å². The van der Waals surface area contributed by atoms with Gasteiger partial charge in [-0.2, -0.15) is 0 Å². The molecule has 0 aliphatic carbocycles. The summed E-state index contributed by atoms with van der Waals surface area (Å²) in [6.45, 7) is 5.08. The van der Waals surface area contributed by atoms with Gasteiger partial charge in [0.2, 0.25) is 0 Å². The molecule has 1 spiro atoms. The van der Waals surface area contributed by atoms with E-state index in [0.717, 1.165) is 57.0 Å². The van der Waals surface area contributed by atoms with E-state index < -0.39 is 0 Å². The molecule has 3 heterocycles. The van der Waals surface area contributed by atoms with Gasteiger partial charge in [0.25, 0.3) is 5.91 Å². The fourth-order valence-corrected chi connectivity index (χ4v) is 4.30. The van der Waals surface area contributed by atoms with Gasteiger partial charge in [-0.1, -0.05) is 0 Å². The Balaban J connectivity index is 1.61. The molecule has 122 valence electrons. The standard InChI is InChI=1S/C16H24N2O3S/c1-12-17-14(11-22-12)15(19)18-7-5-16(6-8-18)13(3-9-20-2)4-10-21-16/h11,13H,3-10H2,1-2H3. The molecular formula is C16H24N2O3S. The first-order valence-electron chi connectivity index (χ1n) is 7.99. The number of hydrogen-bond acceptors (Lipinski definition) is 5. The Hall–Kier alpha value is -0.980. The molecule has 0 N–H and O–H groups in total. The van der Waals surface area contributed by atoms with E-state index in [0.29, 0.717) is 11.6 Å². The van der Waals surface area contributed by atoms with Crippen LogP contribution in [0.4, 0.5) is 0 Å². The second kappa shape index (κ2) is 6.64. The number of rotatable bonds is 4. The number of carbonyl (C=O) groups is 1. The van der Waals surface area contributed by atoms with Gasteiger partial charge in [0.1, 0.15) is 5.69 Å². The maximum atomic E-state index is 12.5. The number of ether oxygens (including phenoxy) is 2. The molecule has 1 aromatic heterocycles. The van der Waals surface area contributed by atoms with Crippen LogP contribution in [0.2, 0.25) is 0 Å². The van der Waals surface area contributed by atoms with Gasteiger partial charge in [0.15, 0.2) is 0 Å². The minimum atomic E-state index is -0.0344. The number of thiazole rings is 1. The van der Waals surface area contributed by atoms with Gasteiger partial charge in [-0.25, -0.2) is 4.98 Å². The molecule has 1 aromatic rings. The second-order valence-corrected chi connectivity index (χ2v) is 7.29. The molecule has 2 aliphatic heterocycles. The Morgan fingerprint density at radius 2 is 2.32 bits per heavy atom. The van der Waals surface area contributed by atoms with Crippen LogP contribution in [0, 0.1) is 12.8 Å². The molecule has 6 heteroatoms. The second-order valence-electron chi connectivity index (χ2n) is 6.22. The van der Waals surface area contributed by atoms with E-state index in [1.54, 1.807) is 7.11 Å². The zero-order valence-electron chi connectivity index (χ0n) is 13.3. The summed E-state index contributed by atoms with van der Waals surface area (Å²) in [5.74, 6) is 0.622. The van der Waals surface area contributed by atoms with Crippen LogP contribution in [0.15, 0.2) is 5.38 Å². The van der Waals surface area contributed by atoms with Crippen molar-refractivity contribution in [2.75, 3.05) is 33.4 Å². The summed E-state index contributed by atoms with van der Waals surface area (Å²) >= 11 is 1.53. The van der Waals surface area contributed by atoms with Crippen molar-refractivity contribution >= 4 is 17.2 Å². The van der Waals surface area contributed by atoms with Crippen LogP contribution in [0.5, 0.6) is 0 Å².